The van der Waals surface area contributed by atoms with Gasteiger partial charge in [-0.1, -0.05) is 0 Å². The Labute approximate surface area is 152 Å². The van der Waals surface area contributed by atoms with Crippen molar-refractivity contribution >= 4 is 5.91 Å². The molecule has 7 heteroatoms. The average Bonchev–Trinajstić information content (AvgIpc) is 3.06. The summed E-state index contributed by atoms with van der Waals surface area (Å²) in [6, 6.07) is 6.31. The van der Waals surface area contributed by atoms with E-state index in [0.29, 0.717) is 36.2 Å². The number of hydrogen-bond donors (Lipinski definition) is 1. The van der Waals surface area contributed by atoms with Crippen LogP contribution in [0.3, 0.4) is 0 Å². The van der Waals surface area contributed by atoms with Crippen LogP contribution in [0.4, 0.5) is 4.39 Å². The summed E-state index contributed by atoms with van der Waals surface area (Å²) in [4.78, 5) is 23.0. The van der Waals surface area contributed by atoms with Crippen molar-refractivity contribution in [1.82, 2.24) is 20.2 Å². The number of nitrogens with one attached hydrogen (secondary N) is 1. The standard InChI is InChI=1S/C19H23FN4O2/c1-3-26-19-14(5-4-9-21-19)16-7-6-15(20)17(23-16)18(25)22-11-13-8-10-24(2)12-13/h4-7,9,13H,3,8,10-12H2,1-2H3,(H,22,25)/t13-/m0/s1. The number of pyridine rings is 2. The van der Waals surface area contributed by atoms with Gasteiger partial charge >= 0.3 is 0 Å². The maximum Gasteiger partial charge on any atom is 0.272 e. The molecule has 1 amide bonds. The number of amides is 1. The molecule has 1 atom stereocenters. The SMILES string of the molecule is CCOc1ncccc1-c1ccc(F)c(C(=O)NC[C@@H]2CCN(C)C2)n1. The van der Waals surface area contributed by atoms with E-state index in [0.717, 1.165) is 19.5 Å². The van der Waals surface area contributed by atoms with Crippen LogP contribution < -0.4 is 10.1 Å². The molecule has 2 aromatic heterocycles. The molecule has 0 bridgehead atoms. The number of likely N-dealkylation sites (tertiary alicyclic amines) is 1. The molecule has 1 aliphatic heterocycles. The minimum absolute atomic E-state index is 0.208. The quantitative estimate of drug-likeness (QED) is 0.859. The first-order valence-corrected chi connectivity index (χ1v) is 8.80. The minimum Gasteiger partial charge on any atom is -0.477 e. The molecule has 0 spiro atoms. The lowest BCUT2D eigenvalue weighted by Crippen LogP contribution is -2.31. The molecule has 26 heavy (non-hydrogen) atoms. The third kappa shape index (κ3) is 4.16. The Morgan fingerprint density at radius 1 is 1.42 bits per heavy atom. The van der Waals surface area contributed by atoms with Gasteiger partial charge in [-0.3, -0.25) is 4.79 Å². The number of hydrogen-bond acceptors (Lipinski definition) is 5. The third-order valence-corrected chi connectivity index (χ3v) is 4.43. The number of aromatic nitrogens is 2. The van der Waals surface area contributed by atoms with Gasteiger partial charge in [-0.05, 0) is 57.1 Å². The van der Waals surface area contributed by atoms with Crippen molar-refractivity contribution in [3.8, 4) is 17.1 Å². The summed E-state index contributed by atoms with van der Waals surface area (Å²) >= 11 is 0. The van der Waals surface area contributed by atoms with E-state index < -0.39 is 11.7 Å². The monoisotopic (exact) mass is 358 g/mol. The van der Waals surface area contributed by atoms with E-state index in [-0.39, 0.29) is 5.69 Å². The van der Waals surface area contributed by atoms with Crippen LogP contribution in [0.1, 0.15) is 23.8 Å². The van der Waals surface area contributed by atoms with Crippen LogP contribution in [-0.4, -0.2) is 54.1 Å². The van der Waals surface area contributed by atoms with E-state index in [9.17, 15) is 9.18 Å². The number of nitrogens with zero attached hydrogens (tertiary/aromatic N) is 3. The highest BCUT2D eigenvalue weighted by molar-refractivity contribution is 5.93. The highest BCUT2D eigenvalue weighted by Crippen LogP contribution is 2.27. The van der Waals surface area contributed by atoms with Crippen LogP contribution in [0.25, 0.3) is 11.3 Å². The van der Waals surface area contributed by atoms with Gasteiger partial charge in [-0.2, -0.15) is 0 Å². The first-order chi connectivity index (χ1) is 12.6. The van der Waals surface area contributed by atoms with Crippen molar-refractivity contribution in [3.63, 3.8) is 0 Å². The van der Waals surface area contributed by atoms with Gasteiger partial charge in [0.25, 0.3) is 5.91 Å². The van der Waals surface area contributed by atoms with E-state index in [1.165, 1.54) is 12.1 Å². The Balaban J connectivity index is 1.78. The molecule has 0 aromatic carbocycles. The van der Waals surface area contributed by atoms with E-state index in [1.807, 2.05) is 6.92 Å². The Hall–Kier alpha value is -2.54. The van der Waals surface area contributed by atoms with Crippen LogP contribution >= 0.6 is 0 Å². The third-order valence-electron chi connectivity index (χ3n) is 4.43. The second-order valence-electron chi connectivity index (χ2n) is 6.44. The van der Waals surface area contributed by atoms with Crippen LogP contribution in [0, 0.1) is 11.7 Å². The Morgan fingerprint density at radius 2 is 2.27 bits per heavy atom. The maximum absolute atomic E-state index is 14.2. The van der Waals surface area contributed by atoms with Gasteiger partial charge in [0.15, 0.2) is 11.5 Å². The topological polar surface area (TPSA) is 67.3 Å². The zero-order valence-corrected chi connectivity index (χ0v) is 15.0. The molecule has 1 saturated heterocycles. The fourth-order valence-electron chi connectivity index (χ4n) is 3.10. The molecular weight excluding hydrogens is 335 g/mol. The van der Waals surface area contributed by atoms with Gasteiger partial charge in [0, 0.05) is 19.3 Å². The lowest BCUT2D eigenvalue weighted by Gasteiger charge is -2.13. The Bertz CT molecular complexity index is 784. The molecule has 0 saturated carbocycles. The van der Waals surface area contributed by atoms with Gasteiger partial charge in [0.1, 0.15) is 0 Å². The van der Waals surface area contributed by atoms with E-state index in [1.54, 1.807) is 18.3 Å². The molecule has 0 radical (unpaired) electrons. The van der Waals surface area contributed by atoms with Gasteiger partial charge in [-0.25, -0.2) is 14.4 Å². The summed E-state index contributed by atoms with van der Waals surface area (Å²) < 4.78 is 19.7. The Morgan fingerprint density at radius 3 is 3.00 bits per heavy atom. The van der Waals surface area contributed by atoms with Crippen molar-refractivity contribution in [3.05, 3.63) is 42.0 Å². The van der Waals surface area contributed by atoms with Crippen LogP contribution in [-0.2, 0) is 0 Å². The molecule has 3 heterocycles. The number of halogens is 1. The smallest absolute Gasteiger partial charge is 0.272 e. The summed E-state index contributed by atoms with van der Waals surface area (Å²) in [5.74, 6) is -0.343. The zero-order chi connectivity index (χ0) is 18.5. The van der Waals surface area contributed by atoms with Crippen LogP contribution in [0.5, 0.6) is 5.88 Å². The Kier molecular flexibility index (Phi) is 5.78. The molecule has 1 N–H and O–H groups in total. The predicted molar refractivity (Wildman–Crippen MR) is 96.5 cm³/mol. The van der Waals surface area contributed by atoms with Crippen LogP contribution in [0.15, 0.2) is 30.5 Å². The maximum atomic E-state index is 14.2. The van der Waals surface area contributed by atoms with Crippen molar-refractivity contribution < 1.29 is 13.9 Å². The highest BCUT2D eigenvalue weighted by Gasteiger charge is 2.22. The first-order valence-electron chi connectivity index (χ1n) is 8.80. The normalized spacial score (nSPS) is 17.3. The van der Waals surface area contributed by atoms with E-state index in [2.05, 4.69) is 27.2 Å². The summed E-state index contributed by atoms with van der Waals surface area (Å²) in [5.41, 5.74) is 0.870. The number of carbonyl (C=O) groups is 1. The summed E-state index contributed by atoms with van der Waals surface area (Å²) in [5, 5.41) is 2.81. The molecule has 0 aliphatic carbocycles. The number of ether oxygens (including phenoxy) is 1. The predicted octanol–water partition coefficient (Wildman–Crippen LogP) is 2.36. The van der Waals surface area contributed by atoms with Crippen molar-refractivity contribution in [2.75, 3.05) is 33.3 Å². The van der Waals surface area contributed by atoms with Crippen molar-refractivity contribution in [1.29, 1.82) is 0 Å². The van der Waals surface area contributed by atoms with Crippen molar-refractivity contribution in [2.45, 2.75) is 13.3 Å². The molecular formula is C19H23FN4O2. The van der Waals surface area contributed by atoms with Crippen molar-refractivity contribution in [2.24, 2.45) is 5.92 Å². The molecule has 3 rings (SSSR count). The second-order valence-corrected chi connectivity index (χ2v) is 6.44. The lowest BCUT2D eigenvalue weighted by molar-refractivity contribution is 0.0938. The van der Waals surface area contributed by atoms with Gasteiger partial charge in [-0.15, -0.1) is 0 Å². The van der Waals surface area contributed by atoms with E-state index in [4.69, 9.17) is 4.74 Å². The summed E-state index contributed by atoms with van der Waals surface area (Å²) in [6.45, 7) is 4.78. The number of carbonyl (C=O) groups excluding carboxylic acids is 1. The fraction of sp³-hybridized carbons (Fsp3) is 0.421. The molecule has 138 valence electrons. The zero-order valence-electron chi connectivity index (χ0n) is 15.0. The lowest BCUT2D eigenvalue weighted by atomic mass is 10.1. The first kappa shape index (κ1) is 18.3. The summed E-state index contributed by atoms with van der Waals surface area (Å²) in [7, 11) is 2.05. The fourth-order valence-corrected chi connectivity index (χ4v) is 3.10. The molecule has 1 fully saturated rings. The van der Waals surface area contributed by atoms with E-state index >= 15 is 0 Å². The molecule has 1 aliphatic rings. The molecule has 0 unspecified atom stereocenters. The van der Waals surface area contributed by atoms with Crippen LogP contribution in [0.2, 0.25) is 0 Å². The molecule has 2 aromatic rings. The van der Waals surface area contributed by atoms with Gasteiger partial charge < -0.3 is 15.0 Å². The molecule has 6 nitrogen and oxygen atoms in total. The largest absolute Gasteiger partial charge is 0.477 e. The minimum atomic E-state index is -0.642. The number of rotatable bonds is 6. The summed E-state index contributed by atoms with van der Waals surface area (Å²) in [6.07, 6.45) is 2.64. The second kappa shape index (κ2) is 8.23. The average molecular weight is 358 g/mol. The van der Waals surface area contributed by atoms with Gasteiger partial charge in [0.2, 0.25) is 5.88 Å². The van der Waals surface area contributed by atoms with Gasteiger partial charge in [0.05, 0.1) is 17.9 Å². The highest BCUT2D eigenvalue weighted by atomic mass is 19.1.